The summed E-state index contributed by atoms with van der Waals surface area (Å²) in [6.45, 7) is 1.48. The molecule has 2 unspecified atom stereocenters. The van der Waals surface area contributed by atoms with E-state index in [2.05, 4.69) is 25.9 Å². The highest BCUT2D eigenvalue weighted by atomic mass is 19.4. The fourth-order valence-electron chi connectivity index (χ4n) is 5.71. The van der Waals surface area contributed by atoms with Crippen LogP contribution in [0.1, 0.15) is 67.1 Å². The van der Waals surface area contributed by atoms with E-state index in [4.69, 9.17) is 4.74 Å². The van der Waals surface area contributed by atoms with E-state index in [1.165, 1.54) is 27.1 Å². The van der Waals surface area contributed by atoms with Crippen LogP contribution in [0.4, 0.5) is 29.2 Å². The van der Waals surface area contributed by atoms with Crippen molar-refractivity contribution in [1.82, 2.24) is 20.6 Å². The van der Waals surface area contributed by atoms with Gasteiger partial charge in [-0.25, -0.2) is 14.4 Å². The molecule has 2 amide bonds. The van der Waals surface area contributed by atoms with Gasteiger partial charge in [0.15, 0.2) is 0 Å². The van der Waals surface area contributed by atoms with Crippen LogP contribution in [-0.4, -0.2) is 42.0 Å². The SMILES string of the molecule is CNC(=O)c1cc(OC)c(Nc2ncc(C(F)(F)F)c(CCC3C[C@@]34CCCCC4NC(C)=O)n2)cc1F. The topological polar surface area (TPSA) is 105 Å². The van der Waals surface area contributed by atoms with E-state index in [9.17, 15) is 27.2 Å². The predicted octanol–water partition coefficient (Wildman–Crippen LogP) is 4.76. The number of methoxy groups -OCH3 is 1. The van der Waals surface area contributed by atoms with Crippen LogP contribution in [0.25, 0.3) is 0 Å². The van der Waals surface area contributed by atoms with Crippen LogP contribution >= 0.6 is 0 Å². The van der Waals surface area contributed by atoms with Gasteiger partial charge in [0.05, 0.1) is 29.6 Å². The van der Waals surface area contributed by atoms with Gasteiger partial charge >= 0.3 is 6.18 Å². The number of nitrogens with one attached hydrogen (secondary N) is 3. The van der Waals surface area contributed by atoms with Crippen LogP contribution in [0, 0.1) is 17.2 Å². The standard InChI is InChI=1S/C26H31F4N5O3/c1-14(36)33-22-6-4-5-9-25(22)12-15(25)7-8-19-17(26(28,29)30)13-32-24(34-19)35-20-11-18(27)16(23(37)31-2)10-21(20)38-3/h10-11,13,15,22H,4-9,12H2,1-3H3,(H,31,37)(H,33,36)(H,32,34,35)/t15?,22?,25-/m0/s1. The lowest BCUT2D eigenvalue weighted by atomic mass is 9.79. The van der Waals surface area contributed by atoms with Crippen LogP contribution in [0.5, 0.6) is 5.75 Å². The van der Waals surface area contributed by atoms with E-state index >= 15 is 0 Å². The minimum Gasteiger partial charge on any atom is -0.495 e. The van der Waals surface area contributed by atoms with Gasteiger partial charge in [0.1, 0.15) is 11.6 Å². The summed E-state index contributed by atoms with van der Waals surface area (Å²) in [6.07, 6.45) is 1.40. The van der Waals surface area contributed by atoms with Crippen LogP contribution in [0.2, 0.25) is 0 Å². The quantitative estimate of drug-likeness (QED) is 0.420. The van der Waals surface area contributed by atoms with Crippen molar-refractivity contribution in [3.63, 3.8) is 0 Å². The van der Waals surface area contributed by atoms with Gasteiger partial charge in [-0.1, -0.05) is 12.8 Å². The molecule has 12 heteroatoms. The molecule has 0 aliphatic heterocycles. The van der Waals surface area contributed by atoms with Gasteiger partial charge in [-0.15, -0.1) is 0 Å². The molecule has 2 saturated carbocycles. The minimum absolute atomic E-state index is 0.0450. The van der Waals surface area contributed by atoms with E-state index in [0.717, 1.165) is 44.4 Å². The summed E-state index contributed by atoms with van der Waals surface area (Å²) in [6, 6.07) is 2.23. The van der Waals surface area contributed by atoms with E-state index < -0.39 is 23.5 Å². The van der Waals surface area contributed by atoms with E-state index in [-0.39, 0.29) is 58.3 Å². The Kier molecular flexibility index (Phi) is 7.80. The normalized spacial score (nSPS) is 22.6. The van der Waals surface area contributed by atoms with Crippen molar-refractivity contribution in [3.8, 4) is 5.75 Å². The second kappa shape index (κ2) is 10.7. The van der Waals surface area contributed by atoms with Gasteiger partial charge in [0, 0.05) is 32.3 Å². The number of alkyl halides is 3. The number of rotatable bonds is 8. The van der Waals surface area contributed by atoms with Gasteiger partial charge in [0.2, 0.25) is 11.9 Å². The maximum absolute atomic E-state index is 14.5. The smallest absolute Gasteiger partial charge is 0.419 e. The monoisotopic (exact) mass is 537 g/mol. The summed E-state index contributed by atoms with van der Waals surface area (Å²) in [7, 11) is 2.67. The van der Waals surface area contributed by atoms with Crippen LogP contribution < -0.4 is 20.7 Å². The van der Waals surface area contributed by atoms with E-state index in [1.807, 2.05) is 0 Å². The van der Waals surface area contributed by atoms with Gasteiger partial charge < -0.3 is 20.7 Å². The first kappa shape index (κ1) is 27.6. The number of carbonyl (C=O) groups is 2. The number of aromatic nitrogens is 2. The van der Waals surface area contributed by atoms with Crippen LogP contribution in [-0.2, 0) is 17.4 Å². The first-order valence-corrected chi connectivity index (χ1v) is 12.6. The summed E-state index contributed by atoms with van der Waals surface area (Å²) in [5, 5.41) is 8.09. The molecule has 0 bridgehead atoms. The molecule has 1 heterocycles. The zero-order valence-electron chi connectivity index (χ0n) is 21.5. The predicted molar refractivity (Wildman–Crippen MR) is 132 cm³/mol. The molecule has 3 N–H and O–H groups in total. The number of hydrogen-bond acceptors (Lipinski definition) is 6. The molecule has 2 aliphatic carbocycles. The third-order valence-electron chi connectivity index (χ3n) is 7.65. The molecule has 2 fully saturated rings. The molecule has 0 saturated heterocycles. The van der Waals surface area contributed by atoms with Crippen molar-refractivity contribution in [2.75, 3.05) is 19.5 Å². The maximum atomic E-state index is 14.5. The molecule has 38 heavy (non-hydrogen) atoms. The fourth-order valence-corrected chi connectivity index (χ4v) is 5.71. The van der Waals surface area contributed by atoms with Gasteiger partial charge in [-0.05, 0) is 49.5 Å². The minimum atomic E-state index is -4.64. The first-order chi connectivity index (χ1) is 18.0. The highest BCUT2D eigenvalue weighted by Crippen LogP contribution is 2.63. The van der Waals surface area contributed by atoms with Crippen LogP contribution in [0.3, 0.4) is 0 Å². The molecule has 2 aromatic rings. The summed E-state index contributed by atoms with van der Waals surface area (Å²) >= 11 is 0. The average molecular weight is 538 g/mol. The molecule has 2 aliphatic rings. The lowest BCUT2D eigenvalue weighted by molar-refractivity contribution is -0.138. The number of carbonyl (C=O) groups excluding carboxylic acids is 2. The number of halogens is 4. The Morgan fingerprint density at radius 2 is 2.00 bits per heavy atom. The average Bonchev–Trinajstić information content (AvgIpc) is 3.56. The molecular formula is C26H31F4N5O3. The molecule has 1 aromatic carbocycles. The lowest BCUT2D eigenvalue weighted by Gasteiger charge is -2.33. The van der Waals surface area contributed by atoms with E-state index in [1.54, 1.807) is 0 Å². The number of amides is 2. The number of benzene rings is 1. The second-order valence-corrected chi connectivity index (χ2v) is 9.96. The van der Waals surface area contributed by atoms with Crippen molar-refractivity contribution in [3.05, 3.63) is 41.0 Å². The molecule has 4 rings (SSSR count). The van der Waals surface area contributed by atoms with Crippen molar-refractivity contribution in [2.45, 2.75) is 64.1 Å². The number of anilines is 2. The molecule has 206 valence electrons. The summed E-state index contributed by atoms with van der Waals surface area (Å²) in [5.74, 6) is -1.47. The molecule has 1 spiro atoms. The Morgan fingerprint density at radius 3 is 2.66 bits per heavy atom. The zero-order valence-corrected chi connectivity index (χ0v) is 21.5. The Labute approximate surface area is 218 Å². The van der Waals surface area contributed by atoms with Crippen LogP contribution in [0.15, 0.2) is 18.3 Å². The fraction of sp³-hybridized carbons (Fsp3) is 0.538. The largest absolute Gasteiger partial charge is 0.495 e. The number of hydrogen-bond donors (Lipinski definition) is 3. The first-order valence-electron chi connectivity index (χ1n) is 12.6. The van der Waals surface area contributed by atoms with Gasteiger partial charge in [0.25, 0.3) is 5.91 Å². The van der Waals surface area contributed by atoms with E-state index in [0.29, 0.717) is 6.42 Å². The number of nitrogens with zero attached hydrogens (tertiary/aromatic N) is 2. The van der Waals surface area contributed by atoms with Gasteiger partial charge in [-0.3, -0.25) is 9.59 Å². The summed E-state index contributed by atoms with van der Waals surface area (Å²) < 4.78 is 61.1. The highest BCUT2D eigenvalue weighted by Gasteiger charge is 2.58. The zero-order chi connectivity index (χ0) is 27.7. The Hall–Kier alpha value is -3.44. The third kappa shape index (κ3) is 5.68. The van der Waals surface area contributed by atoms with Crippen molar-refractivity contribution >= 4 is 23.5 Å². The number of aryl methyl sites for hydroxylation is 1. The number of ether oxygens (including phenoxy) is 1. The maximum Gasteiger partial charge on any atom is 0.419 e. The van der Waals surface area contributed by atoms with Crippen molar-refractivity contribution < 1.29 is 31.9 Å². The molecular weight excluding hydrogens is 506 g/mol. The molecule has 1 aromatic heterocycles. The van der Waals surface area contributed by atoms with Gasteiger partial charge in [-0.2, -0.15) is 13.2 Å². The summed E-state index contributed by atoms with van der Waals surface area (Å²) in [5.41, 5.74) is -1.33. The van der Waals surface area contributed by atoms with Crippen molar-refractivity contribution in [1.29, 1.82) is 0 Å². The molecule has 8 nitrogen and oxygen atoms in total. The molecule has 3 atom stereocenters. The Morgan fingerprint density at radius 1 is 1.24 bits per heavy atom. The Balaban J connectivity index is 1.55. The van der Waals surface area contributed by atoms with Crippen molar-refractivity contribution in [2.24, 2.45) is 11.3 Å². The highest BCUT2D eigenvalue weighted by molar-refractivity contribution is 5.95. The lowest BCUT2D eigenvalue weighted by Crippen LogP contribution is -2.43. The summed E-state index contributed by atoms with van der Waals surface area (Å²) in [4.78, 5) is 31.5. The Bertz CT molecular complexity index is 1220. The second-order valence-electron chi connectivity index (χ2n) is 9.96. The third-order valence-corrected chi connectivity index (χ3v) is 7.65. The molecule has 0 radical (unpaired) electrons.